The van der Waals surface area contributed by atoms with Crippen LogP contribution in [-0.4, -0.2) is 27.3 Å². The van der Waals surface area contributed by atoms with Gasteiger partial charge in [-0.05, 0) is 55.3 Å². The van der Waals surface area contributed by atoms with Crippen LogP contribution in [0.25, 0.3) is 32.7 Å². The Hall–Kier alpha value is -3.32. The Labute approximate surface area is 183 Å². The van der Waals surface area contributed by atoms with Gasteiger partial charge in [0.05, 0.1) is 28.2 Å². The molecule has 0 fully saturated rings. The van der Waals surface area contributed by atoms with Gasteiger partial charge >= 0.3 is 5.97 Å². The fourth-order valence-corrected chi connectivity index (χ4v) is 4.28. The third-order valence-electron chi connectivity index (χ3n) is 4.75. The van der Waals surface area contributed by atoms with Crippen molar-refractivity contribution in [2.75, 3.05) is 6.61 Å². The highest BCUT2D eigenvalue weighted by atomic mass is 32.1. The molecule has 0 aliphatic heterocycles. The molecule has 31 heavy (non-hydrogen) atoms. The summed E-state index contributed by atoms with van der Waals surface area (Å²) in [4.78, 5) is 16.7. The highest BCUT2D eigenvalue weighted by Crippen LogP contribution is 2.35. The van der Waals surface area contributed by atoms with Gasteiger partial charge in [-0.25, -0.2) is 18.9 Å². The van der Waals surface area contributed by atoms with Crippen LogP contribution in [0.4, 0.5) is 4.39 Å². The van der Waals surface area contributed by atoms with Crippen molar-refractivity contribution < 1.29 is 13.9 Å². The van der Waals surface area contributed by atoms with E-state index in [0.29, 0.717) is 11.7 Å². The maximum absolute atomic E-state index is 13.6. The van der Waals surface area contributed by atoms with Gasteiger partial charge in [-0.3, -0.25) is 0 Å². The zero-order valence-corrected chi connectivity index (χ0v) is 18.3. The van der Waals surface area contributed by atoms with Crippen molar-refractivity contribution in [3.8, 4) is 16.4 Å². The Bertz CT molecular complexity index is 1220. The molecule has 0 N–H and O–H groups in total. The first-order valence-electron chi connectivity index (χ1n) is 10.1. The van der Waals surface area contributed by atoms with E-state index in [-0.39, 0.29) is 11.7 Å². The highest BCUT2D eigenvalue weighted by Gasteiger charge is 2.23. The molecule has 158 valence electrons. The molecule has 2 heterocycles. The summed E-state index contributed by atoms with van der Waals surface area (Å²) in [5.41, 5.74) is 4.03. The zero-order valence-electron chi connectivity index (χ0n) is 17.5. The summed E-state index contributed by atoms with van der Waals surface area (Å²) >= 11 is 1.53. The summed E-state index contributed by atoms with van der Waals surface area (Å²) in [7, 11) is 0. The number of hydrogen-bond donors (Lipinski definition) is 0. The molecule has 0 amide bonds. The lowest BCUT2D eigenvalue weighted by atomic mass is 10.00. The Balaban J connectivity index is 1.96. The van der Waals surface area contributed by atoms with Gasteiger partial charge in [-0.15, -0.1) is 0 Å². The second kappa shape index (κ2) is 8.81. The number of halogens is 1. The lowest BCUT2D eigenvalue weighted by molar-refractivity contribution is -0.137. The first-order valence-corrected chi connectivity index (χ1v) is 10.9. The molecule has 0 spiro atoms. The molecule has 0 unspecified atom stereocenters. The molecule has 5 nitrogen and oxygen atoms in total. The second-order valence-corrected chi connectivity index (χ2v) is 8.28. The number of para-hydroxylation sites is 1. The topological polar surface area (TPSA) is 57.0 Å². The number of ether oxygens (including phenoxy) is 1. The van der Waals surface area contributed by atoms with Crippen molar-refractivity contribution in [2.45, 2.75) is 26.7 Å². The minimum Gasteiger partial charge on any atom is -0.463 e. The van der Waals surface area contributed by atoms with Gasteiger partial charge in [0.2, 0.25) is 5.13 Å². The molecule has 0 saturated carbocycles. The van der Waals surface area contributed by atoms with Crippen LogP contribution in [0.5, 0.6) is 0 Å². The van der Waals surface area contributed by atoms with E-state index in [9.17, 15) is 9.18 Å². The van der Waals surface area contributed by atoms with Crippen molar-refractivity contribution >= 4 is 33.6 Å². The molecule has 2 aromatic heterocycles. The summed E-state index contributed by atoms with van der Waals surface area (Å²) in [5, 5.41) is 5.57. The number of carbonyl (C=O) groups is 1. The molecule has 0 saturated heterocycles. The molecule has 0 atom stereocenters. The Morgan fingerprint density at radius 3 is 2.61 bits per heavy atom. The van der Waals surface area contributed by atoms with Gasteiger partial charge in [0.25, 0.3) is 0 Å². The number of aromatic nitrogens is 3. The van der Waals surface area contributed by atoms with Crippen LogP contribution in [0.1, 0.15) is 37.9 Å². The number of nitrogens with zero attached hydrogens (tertiary/aromatic N) is 3. The molecular weight excluding hydrogens is 413 g/mol. The van der Waals surface area contributed by atoms with E-state index in [2.05, 4.69) is 0 Å². The van der Waals surface area contributed by atoms with E-state index in [1.807, 2.05) is 38.1 Å². The van der Waals surface area contributed by atoms with Gasteiger partial charge < -0.3 is 4.74 Å². The number of thiazole rings is 1. The van der Waals surface area contributed by atoms with Gasteiger partial charge in [0.15, 0.2) is 0 Å². The van der Waals surface area contributed by atoms with E-state index in [1.165, 1.54) is 29.5 Å². The van der Waals surface area contributed by atoms with Crippen molar-refractivity contribution in [3.63, 3.8) is 0 Å². The van der Waals surface area contributed by atoms with Crippen molar-refractivity contribution in [3.05, 3.63) is 71.7 Å². The predicted octanol–water partition coefficient (Wildman–Crippen LogP) is 5.99. The SMILES string of the molecule is CCOC(=O)/C=C/c1c(C(C)C)nn(-c2nc3ccccc3s2)c1-c1ccc(F)cc1. The summed E-state index contributed by atoms with van der Waals surface area (Å²) < 4.78 is 21.5. The lowest BCUT2D eigenvalue weighted by Crippen LogP contribution is -2.00. The Morgan fingerprint density at radius 1 is 1.19 bits per heavy atom. The minimum atomic E-state index is -0.421. The predicted molar refractivity (Wildman–Crippen MR) is 122 cm³/mol. The van der Waals surface area contributed by atoms with Crippen LogP contribution in [0.2, 0.25) is 0 Å². The minimum absolute atomic E-state index is 0.0941. The number of carbonyl (C=O) groups excluding carboxylic acids is 1. The molecular formula is C24H22FN3O2S. The van der Waals surface area contributed by atoms with Gasteiger partial charge in [-0.2, -0.15) is 5.10 Å². The monoisotopic (exact) mass is 435 g/mol. The number of benzene rings is 2. The average Bonchev–Trinajstić information content (AvgIpc) is 3.34. The number of rotatable bonds is 6. The van der Waals surface area contributed by atoms with Crippen LogP contribution >= 0.6 is 11.3 Å². The van der Waals surface area contributed by atoms with E-state index in [4.69, 9.17) is 14.8 Å². The Kier molecular flexibility index (Phi) is 5.95. The van der Waals surface area contributed by atoms with Gasteiger partial charge in [0, 0.05) is 17.2 Å². The average molecular weight is 436 g/mol. The standard InChI is InChI=1S/C24H22FN3O2S/c1-4-30-21(29)14-13-18-22(15(2)3)27-28(23(18)16-9-11-17(25)12-10-16)24-26-19-7-5-6-8-20(19)31-24/h5-15H,4H2,1-3H3/b14-13+. The normalized spacial score (nSPS) is 11.6. The first kappa shape index (κ1) is 20.9. The fourth-order valence-electron chi connectivity index (χ4n) is 3.35. The third-order valence-corrected chi connectivity index (χ3v) is 5.76. The van der Waals surface area contributed by atoms with Crippen LogP contribution < -0.4 is 0 Å². The molecule has 4 rings (SSSR count). The van der Waals surface area contributed by atoms with Crippen LogP contribution in [0, 0.1) is 5.82 Å². The maximum atomic E-state index is 13.6. The molecule has 0 aliphatic rings. The molecule has 2 aromatic carbocycles. The van der Waals surface area contributed by atoms with Crippen LogP contribution in [0.15, 0.2) is 54.6 Å². The number of hydrogen-bond acceptors (Lipinski definition) is 5. The molecule has 0 bridgehead atoms. The van der Waals surface area contributed by atoms with Gasteiger partial charge in [-0.1, -0.05) is 37.3 Å². The smallest absolute Gasteiger partial charge is 0.330 e. The summed E-state index contributed by atoms with van der Waals surface area (Å²) in [6, 6.07) is 14.1. The second-order valence-electron chi connectivity index (χ2n) is 7.27. The largest absolute Gasteiger partial charge is 0.463 e. The zero-order chi connectivity index (χ0) is 22.0. The maximum Gasteiger partial charge on any atom is 0.330 e. The molecule has 0 aliphatic carbocycles. The highest BCUT2D eigenvalue weighted by molar-refractivity contribution is 7.20. The third kappa shape index (κ3) is 4.27. The van der Waals surface area contributed by atoms with E-state index in [0.717, 1.165) is 32.7 Å². The Morgan fingerprint density at radius 2 is 1.94 bits per heavy atom. The summed E-state index contributed by atoms with van der Waals surface area (Å²) in [5.74, 6) is -0.644. The van der Waals surface area contributed by atoms with Crippen LogP contribution in [0.3, 0.4) is 0 Å². The lowest BCUT2D eigenvalue weighted by Gasteiger charge is -2.07. The van der Waals surface area contributed by atoms with Crippen LogP contribution in [-0.2, 0) is 9.53 Å². The van der Waals surface area contributed by atoms with Crippen molar-refractivity contribution in [1.82, 2.24) is 14.8 Å². The summed E-state index contributed by atoms with van der Waals surface area (Å²) in [6.07, 6.45) is 3.13. The van der Waals surface area contributed by atoms with Gasteiger partial charge in [0.1, 0.15) is 5.82 Å². The molecule has 7 heteroatoms. The summed E-state index contributed by atoms with van der Waals surface area (Å²) in [6.45, 7) is 6.15. The molecule has 4 aromatic rings. The van der Waals surface area contributed by atoms with Crippen molar-refractivity contribution in [1.29, 1.82) is 0 Å². The quantitative estimate of drug-likeness (QED) is 0.276. The van der Waals surface area contributed by atoms with E-state index < -0.39 is 5.97 Å². The number of fused-ring (bicyclic) bond motifs is 1. The van der Waals surface area contributed by atoms with Crippen molar-refractivity contribution in [2.24, 2.45) is 0 Å². The number of esters is 1. The fraction of sp³-hybridized carbons (Fsp3) is 0.208. The first-order chi connectivity index (χ1) is 15.0. The molecule has 0 radical (unpaired) electrons. The van der Waals surface area contributed by atoms with E-state index >= 15 is 0 Å². The van der Waals surface area contributed by atoms with E-state index in [1.54, 1.807) is 29.8 Å².